The maximum Gasteiger partial charge on any atom is 0.151 e. The second-order valence-electron chi connectivity index (χ2n) is 5.26. The highest BCUT2D eigenvalue weighted by Crippen LogP contribution is 2.21. The van der Waals surface area contributed by atoms with Crippen molar-refractivity contribution in [2.24, 2.45) is 0 Å². The number of nitrogens with one attached hydrogen (secondary N) is 1. The summed E-state index contributed by atoms with van der Waals surface area (Å²) in [5, 5.41) is 7.94. The average Bonchev–Trinajstić information content (AvgIpc) is 3.14. The van der Waals surface area contributed by atoms with E-state index in [1.54, 1.807) is 6.92 Å². The number of aromatic nitrogens is 2. The van der Waals surface area contributed by atoms with Gasteiger partial charge in [0.15, 0.2) is 9.84 Å². The molecule has 1 aliphatic carbocycles. The first-order chi connectivity index (χ1) is 8.93. The second kappa shape index (κ2) is 5.63. The molecule has 1 aromatic heterocycles. The Labute approximate surface area is 115 Å². The van der Waals surface area contributed by atoms with Crippen LogP contribution in [-0.4, -0.2) is 35.7 Å². The second-order valence-corrected chi connectivity index (χ2v) is 7.74. The monoisotopic (exact) mass is 285 g/mol. The molecule has 19 heavy (non-hydrogen) atoms. The standard InChI is InChI=1S/C13H23N3O2S/c1-4-19(17,18)8-7-16-11(3)13(10(2)15-16)9-14-12-5-6-12/h12,14H,4-9H2,1-3H3. The van der Waals surface area contributed by atoms with Gasteiger partial charge in [0.05, 0.1) is 18.0 Å². The predicted molar refractivity (Wildman–Crippen MR) is 75.9 cm³/mol. The molecule has 0 bridgehead atoms. The van der Waals surface area contributed by atoms with Gasteiger partial charge in [0.25, 0.3) is 0 Å². The van der Waals surface area contributed by atoms with Gasteiger partial charge < -0.3 is 5.32 Å². The fraction of sp³-hybridized carbons (Fsp3) is 0.769. The van der Waals surface area contributed by atoms with Crippen LogP contribution in [0.1, 0.15) is 36.7 Å². The number of aryl methyl sites for hydroxylation is 2. The molecule has 0 radical (unpaired) electrons. The molecule has 0 saturated heterocycles. The summed E-state index contributed by atoms with van der Waals surface area (Å²) in [5.41, 5.74) is 3.29. The van der Waals surface area contributed by atoms with Crippen LogP contribution >= 0.6 is 0 Å². The molecule has 1 aromatic rings. The van der Waals surface area contributed by atoms with Crippen LogP contribution in [0.15, 0.2) is 0 Å². The topological polar surface area (TPSA) is 64.0 Å². The summed E-state index contributed by atoms with van der Waals surface area (Å²) in [6.45, 7) is 6.97. The molecule has 1 saturated carbocycles. The average molecular weight is 285 g/mol. The third-order valence-electron chi connectivity index (χ3n) is 3.73. The van der Waals surface area contributed by atoms with Crippen LogP contribution in [-0.2, 0) is 22.9 Å². The van der Waals surface area contributed by atoms with E-state index < -0.39 is 9.84 Å². The van der Waals surface area contributed by atoms with E-state index in [0.717, 1.165) is 17.9 Å². The molecule has 108 valence electrons. The summed E-state index contributed by atoms with van der Waals surface area (Å²) < 4.78 is 24.9. The van der Waals surface area contributed by atoms with E-state index >= 15 is 0 Å². The van der Waals surface area contributed by atoms with Gasteiger partial charge in [-0.05, 0) is 26.7 Å². The predicted octanol–water partition coefficient (Wildman–Crippen LogP) is 1.19. The first-order valence-corrected chi connectivity index (χ1v) is 8.71. The Hall–Kier alpha value is -0.880. The van der Waals surface area contributed by atoms with Gasteiger partial charge in [-0.3, -0.25) is 4.68 Å². The van der Waals surface area contributed by atoms with Gasteiger partial charge in [-0.15, -0.1) is 0 Å². The van der Waals surface area contributed by atoms with E-state index in [2.05, 4.69) is 10.4 Å². The van der Waals surface area contributed by atoms with Crippen molar-refractivity contribution in [3.05, 3.63) is 17.0 Å². The number of sulfone groups is 1. The smallest absolute Gasteiger partial charge is 0.151 e. The van der Waals surface area contributed by atoms with Crippen LogP contribution in [0, 0.1) is 13.8 Å². The Kier molecular flexibility index (Phi) is 4.30. The van der Waals surface area contributed by atoms with Crippen molar-refractivity contribution in [2.75, 3.05) is 11.5 Å². The van der Waals surface area contributed by atoms with Crippen LogP contribution in [0.3, 0.4) is 0 Å². The summed E-state index contributed by atoms with van der Waals surface area (Å²) >= 11 is 0. The van der Waals surface area contributed by atoms with Gasteiger partial charge in [-0.1, -0.05) is 6.92 Å². The summed E-state index contributed by atoms with van der Waals surface area (Å²) in [6.07, 6.45) is 2.53. The van der Waals surface area contributed by atoms with E-state index in [9.17, 15) is 8.42 Å². The van der Waals surface area contributed by atoms with Crippen LogP contribution in [0.25, 0.3) is 0 Å². The summed E-state index contributed by atoms with van der Waals surface area (Å²) in [4.78, 5) is 0. The highest BCUT2D eigenvalue weighted by atomic mass is 32.2. The maximum absolute atomic E-state index is 11.5. The van der Waals surface area contributed by atoms with E-state index in [1.165, 1.54) is 18.4 Å². The van der Waals surface area contributed by atoms with Crippen molar-refractivity contribution in [3.63, 3.8) is 0 Å². The van der Waals surface area contributed by atoms with E-state index in [1.807, 2.05) is 18.5 Å². The molecular weight excluding hydrogens is 262 g/mol. The number of nitrogens with zero attached hydrogens (tertiary/aromatic N) is 2. The fourth-order valence-electron chi connectivity index (χ4n) is 2.11. The quantitative estimate of drug-likeness (QED) is 0.817. The lowest BCUT2D eigenvalue weighted by atomic mass is 10.2. The summed E-state index contributed by atoms with van der Waals surface area (Å²) in [6, 6.07) is 0.669. The zero-order valence-electron chi connectivity index (χ0n) is 11.9. The zero-order valence-corrected chi connectivity index (χ0v) is 12.8. The Morgan fingerprint density at radius 2 is 2.05 bits per heavy atom. The summed E-state index contributed by atoms with van der Waals surface area (Å²) in [7, 11) is -2.93. The van der Waals surface area contributed by atoms with Gasteiger partial charge >= 0.3 is 0 Å². The van der Waals surface area contributed by atoms with Crippen molar-refractivity contribution < 1.29 is 8.42 Å². The Balaban J connectivity index is 2.02. The molecule has 0 atom stereocenters. The lowest BCUT2D eigenvalue weighted by Gasteiger charge is -2.06. The molecule has 0 aliphatic heterocycles. The minimum atomic E-state index is -2.93. The van der Waals surface area contributed by atoms with E-state index in [0.29, 0.717) is 12.6 Å². The highest BCUT2D eigenvalue weighted by molar-refractivity contribution is 7.91. The zero-order chi connectivity index (χ0) is 14.0. The minimum absolute atomic E-state index is 0.168. The van der Waals surface area contributed by atoms with Crippen molar-refractivity contribution in [1.82, 2.24) is 15.1 Å². The molecular formula is C13H23N3O2S. The minimum Gasteiger partial charge on any atom is -0.310 e. The van der Waals surface area contributed by atoms with Gasteiger partial charge in [0, 0.05) is 29.6 Å². The van der Waals surface area contributed by atoms with E-state index in [4.69, 9.17) is 0 Å². The van der Waals surface area contributed by atoms with Crippen molar-refractivity contribution in [2.45, 2.75) is 52.7 Å². The molecule has 1 aliphatic rings. The van der Waals surface area contributed by atoms with Crippen LogP contribution in [0.5, 0.6) is 0 Å². The molecule has 0 spiro atoms. The van der Waals surface area contributed by atoms with Crippen molar-refractivity contribution in [1.29, 1.82) is 0 Å². The molecule has 1 fully saturated rings. The molecule has 1 heterocycles. The molecule has 2 rings (SSSR count). The van der Waals surface area contributed by atoms with Crippen LogP contribution < -0.4 is 5.32 Å². The molecule has 0 amide bonds. The molecule has 0 aromatic carbocycles. The molecule has 5 nitrogen and oxygen atoms in total. The van der Waals surface area contributed by atoms with Crippen LogP contribution in [0.4, 0.5) is 0 Å². The first-order valence-electron chi connectivity index (χ1n) is 6.89. The Morgan fingerprint density at radius 1 is 1.37 bits per heavy atom. The Morgan fingerprint density at radius 3 is 2.63 bits per heavy atom. The van der Waals surface area contributed by atoms with Crippen molar-refractivity contribution >= 4 is 9.84 Å². The number of hydrogen-bond acceptors (Lipinski definition) is 4. The van der Waals surface area contributed by atoms with Crippen molar-refractivity contribution in [3.8, 4) is 0 Å². The highest BCUT2D eigenvalue weighted by Gasteiger charge is 2.22. The van der Waals surface area contributed by atoms with Crippen LogP contribution in [0.2, 0.25) is 0 Å². The van der Waals surface area contributed by atoms with Gasteiger partial charge in [-0.25, -0.2) is 8.42 Å². The third-order valence-corrected chi connectivity index (χ3v) is 5.41. The molecule has 1 N–H and O–H groups in total. The van der Waals surface area contributed by atoms with Gasteiger partial charge in [0.1, 0.15) is 0 Å². The van der Waals surface area contributed by atoms with E-state index in [-0.39, 0.29) is 11.5 Å². The number of hydrogen-bond donors (Lipinski definition) is 1. The fourth-order valence-corrected chi connectivity index (χ4v) is 2.85. The number of rotatable bonds is 7. The maximum atomic E-state index is 11.5. The van der Waals surface area contributed by atoms with Gasteiger partial charge in [-0.2, -0.15) is 5.10 Å². The molecule has 0 unspecified atom stereocenters. The normalized spacial score (nSPS) is 15.9. The largest absolute Gasteiger partial charge is 0.310 e. The Bertz CT molecular complexity index is 544. The first kappa shape index (κ1) is 14.5. The lowest BCUT2D eigenvalue weighted by molar-refractivity contribution is 0.576. The molecule has 6 heteroatoms. The van der Waals surface area contributed by atoms with Gasteiger partial charge in [0.2, 0.25) is 0 Å². The summed E-state index contributed by atoms with van der Waals surface area (Å²) in [5.74, 6) is 0.364. The SMILES string of the molecule is CCS(=O)(=O)CCn1nc(C)c(CNC2CC2)c1C. The lowest BCUT2D eigenvalue weighted by Crippen LogP contribution is -2.18. The third kappa shape index (κ3) is 3.79.